The summed E-state index contributed by atoms with van der Waals surface area (Å²) in [6.45, 7) is 0.675. The molecule has 1 fully saturated rings. The van der Waals surface area contributed by atoms with Crippen LogP contribution < -0.4 is 5.32 Å². The highest BCUT2D eigenvalue weighted by Gasteiger charge is 2.29. The van der Waals surface area contributed by atoms with Crippen molar-refractivity contribution >= 4 is 17.6 Å². The number of likely N-dealkylation sites (tertiary alicyclic amines) is 1. The molecular weight excluding hydrogens is 324 g/mol. The van der Waals surface area contributed by atoms with Gasteiger partial charge in [0.15, 0.2) is 0 Å². The number of amides is 2. The van der Waals surface area contributed by atoms with Gasteiger partial charge in [-0.2, -0.15) is 0 Å². The fraction of sp³-hybridized carbons (Fsp3) is 0.316. The monoisotopic (exact) mass is 344 g/mol. The van der Waals surface area contributed by atoms with Gasteiger partial charge >= 0.3 is 6.03 Å². The van der Waals surface area contributed by atoms with E-state index in [2.05, 4.69) is 5.32 Å². The van der Waals surface area contributed by atoms with Crippen molar-refractivity contribution in [2.75, 3.05) is 13.2 Å². The molecule has 0 aromatic heterocycles. The van der Waals surface area contributed by atoms with Gasteiger partial charge in [0, 0.05) is 11.6 Å². The number of nitrogens with one attached hydrogen (secondary N) is 1. The third-order valence-corrected chi connectivity index (χ3v) is 4.67. The van der Waals surface area contributed by atoms with Crippen LogP contribution >= 0.6 is 11.6 Å². The Bertz CT molecular complexity index is 693. The lowest BCUT2D eigenvalue weighted by molar-refractivity contribution is 0.155. The lowest BCUT2D eigenvalue weighted by Gasteiger charge is -2.27. The maximum atomic E-state index is 12.7. The predicted octanol–water partition coefficient (Wildman–Crippen LogP) is 3.60. The molecule has 2 aromatic carbocycles. The molecule has 1 saturated heterocycles. The Labute approximate surface area is 147 Å². The Morgan fingerprint density at radius 2 is 1.96 bits per heavy atom. The van der Waals surface area contributed by atoms with Crippen LogP contribution in [-0.4, -0.2) is 35.2 Å². The summed E-state index contributed by atoms with van der Waals surface area (Å²) in [6, 6.07) is 16.8. The summed E-state index contributed by atoms with van der Waals surface area (Å²) in [5.41, 5.74) is 1.93. The van der Waals surface area contributed by atoms with E-state index in [9.17, 15) is 9.90 Å². The second-order valence-electron chi connectivity index (χ2n) is 6.02. The summed E-state index contributed by atoms with van der Waals surface area (Å²) in [4.78, 5) is 14.5. The Hall–Kier alpha value is -2.04. The van der Waals surface area contributed by atoms with Gasteiger partial charge in [-0.15, -0.1) is 0 Å². The highest BCUT2D eigenvalue weighted by molar-refractivity contribution is 6.30. The second kappa shape index (κ2) is 7.69. The van der Waals surface area contributed by atoms with Gasteiger partial charge in [0.2, 0.25) is 0 Å². The zero-order valence-corrected chi connectivity index (χ0v) is 14.1. The number of rotatable bonds is 4. The summed E-state index contributed by atoms with van der Waals surface area (Å²) in [7, 11) is 0. The standard InChI is InChI=1S/C19H21ClN2O2/c20-16-9-4-8-15(12-16)18(14-6-2-1-3-7-14)21-19(24)22-11-5-10-17(22)13-23/h1-4,6-9,12,17-18,23H,5,10-11,13H2,(H,21,24)/t17-,18?/m0/s1. The molecule has 5 heteroatoms. The van der Waals surface area contributed by atoms with Crippen LogP contribution in [0.25, 0.3) is 0 Å². The second-order valence-corrected chi connectivity index (χ2v) is 6.46. The molecule has 3 rings (SSSR count). The maximum absolute atomic E-state index is 12.7. The fourth-order valence-corrected chi connectivity index (χ4v) is 3.39. The minimum Gasteiger partial charge on any atom is -0.394 e. The molecule has 0 radical (unpaired) electrons. The summed E-state index contributed by atoms with van der Waals surface area (Å²) >= 11 is 6.13. The van der Waals surface area contributed by atoms with Crippen LogP contribution in [-0.2, 0) is 0 Å². The summed E-state index contributed by atoms with van der Waals surface area (Å²) in [5, 5.41) is 13.2. The van der Waals surface area contributed by atoms with Crippen LogP contribution in [0.1, 0.15) is 30.0 Å². The highest BCUT2D eigenvalue weighted by atomic mass is 35.5. The average molecular weight is 345 g/mol. The number of carbonyl (C=O) groups excluding carboxylic acids is 1. The van der Waals surface area contributed by atoms with E-state index in [1.165, 1.54) is 0 Å². The zero-order chi connectivity index (χ0) is 16.9. The van der Waals surface area contributed by atoms with Crippen LogP contribution in [0.5, 0.6) is 0 Å². The van der Waals surface area contributed by atoms with Crippen molar-refractivity contribution in [3.8, 4) is 0 Å². The molecule has 2 aromatic rings. The molecule has 126 valence electrons. The molecule has 1 heterocycles. The number of aliphatic hydroxyl groups is 1. The van der Waals surface area contributed by atoms with Crippen LogP contribution in [0.3, 0.4) is 0 Å². The molecule has 2 atom stereocenters. The molecule has 24 heavy (non-hydrogen) atoms. The number of nitrogens with zero attached hydrogens (tertiary/aromatic N) is 1. The molecule has 4 nitrogen and oxygen atoms in total. The van der Waals surface area contributed by atoms with E-state index in [1.807, 2.05) is 54.6 Å². The van der Waals surface area contributed by atoms with E-state index in [1.54, 1.807) is 4.90 Å². The van der Waals surface area contributed by atoms with Crippen molar-refractivity contribution in [3.63, 3.8) is 0 Å². The number of halogens is 1. The number of urea groups is 1. The Morgan fingerprint density at radius 1 is 1.21 bits per heavy atom. The normalized spacial score (nSPS) is 18.4. The van der Waals surface area contributed by atoms with Gasteiger partial charge in [0.25, 0.3) is 0 Å². The van der Waals surface area contributed by atoms with E-state index in [0.717, 1.165) is 24.0 Å². The molecule has 2 amide bonds. The topological polar surface area (TPSA) is 52.6 Å². The molecule has 1 aliphatic rings. The van der Waals surface area contributed by atoms with Crippen molar-refractivity contribution in [1.29, 1.82) is 0 Å². The number of benzene rings is 2. The Morgan fingerprint density at radius 3 is 2.67 bits per heavy atom. The van der Waals surface area contributed by atoms with E-state index < -0.39 is 0 Å². The molecule has 0 saturated carbocycles. The zero-order valence-electron chi connectivity index (χ0n) is 13.4. The van der Waals surface area contributed by atoms with Gasteiger partial charge in [-0.25, -0.2) is 4.79 Å². The van der Waals surface area contributed by atoms with Crippen LogP contribution in [0.15, 0.2) is 54.6 Å². The summed E-state index contributed by atoms with van der Waals surface area (Å²) in [5.74, 6) is 0. The first kappa shape index (κ1) is 16.8. The average Bonchev–Trinajstić information content (AvgIpc) is 3.09. The van der Waals surface area contributed by atoms with E-state index in [-0.39, 0.29) is 24.7 Å². The van der Waals surface area contributed by atoms with Crippen molar-refractivity contribution in [2.45, 2.75) is 24.9 Å². The first-order valence-corrected chi connectivity index (χ1v) is 8.55. The minimum absolute atomic E-state index is 0.000584. The molecular formula is C19H21ClN2O2. The minimum atomic E-state index is -0.280. The van der Waals surface area contributed by atoms with E-state index >= 15 is 0 Å². The van der Waals surface area contributed by atoms with Gasteiger partial charge in [-0.05, 0) is 36.1 Å². The molecule has 1 unspecified atom stereocenters. The number of hydrogen-bond donors (Lipinski definition) is 2. The lowest BCUT2D eigenvalue weighted by Crippen LogP contribution is -2.45. The number of hydrogen-bond acceptors (Lipinski definition) is 2. The summed E-state index contributed by atoms with van der Waals surface area (Å²) in [6.07, 6.45) is 1.77. The predicted molar refractivity (Wildman–Crippen MR) is 95.1 cm³/mol. The van der Waals surface area contributed by atoms with Gasteiger partial charge in [0.05, 0.1) is 18.7 Å². The van der Waals surface area contributed by atoms with Crippen molar-refractivity contribution < 1.29 is 9.90 Å². The van der Waals surface area contributed by atoms with E-state index in [4.69, 9.17) is 11.6 Å². The quantitative estimate of drug-likeness (QED) is 0.890. The van der Waals surface area contributed by atoms with Crippen LogP contribution in [0, 0.1) is 0 Å². The Kier molecular flexibility index (Phi) is 5.38. The number of aliphatic hydroxyl groups excluding tert-OH is 1. The SMILES string of the molecule is O=C(NC(c1ccccc1)c1cccc(Cl)c1)N1CCC[C@H]1CO. The molecule has 0 bridgehead atoms. The van der Waals surface area contributed by atoms with Gasteiger partial charge in [0.1, 0.15) is 0 Å². The summed E-state index contributed by atoms with van der Waals surface area (Å²) < 4.78 is 0. The molecule has 0 aliphatic carbocycles. The van der Waals surface area contributed by atoms with E-state index in [0.29, 0.717) is 11.6 Å². The first-order valence-electron chi connectivity index (χ1n) is 8.17. The third-order valence-electron chi connectivity index (χ3n) is 4.43. The maximum Gasteiger partial charge on any atom is 0.318 e. The third kappa shape index (κ3) is 3.71. The first-order chi connectivity index (χ1) is 11.7. The highest BCUT2D eigenvalue weighted by Crippen LogP contribution is 2.26. The Balaban J connectivity index is 1.87. The molecule has 1 aliphatic heterocycles. The van der Waals surface area contributed by atoms with Crippen molar-refractivity contribution in [1.82, 2.24) is 10.2 Å². The van der Waals surface area contributed by atoms with Crippen molar-refractivity contribution in [2.24, 2.45) is 0 Å². The van der Waals surface area contributed by atoms with Crippen molar-refractivity contribution in [3.05, 3.63) is 70.7 Å². The molecule has 2 N–H and O–H groups in total. The lowest BCUT2D eigenvalue weighted by atomic mass is 9.99. The number of carbonyl (C=O) groups is 1. The van der Waals surface area contributed by atoms with Gasteiger partial charge < -0.3 is 15.3 Å². The van der Waals surface area contributed by atoms with Gasteiger partial charge in [-0.1, -0.05) is 54.1 Å². The smallest absolute Gasteiger partial charge is 0.318 e. The molecule has 0 spiro atoms. The fourth-order valence-electron chi connectivity index (χ4n) is 3.19. The van der Waals surface area contributed by atoms with Crippen LogP contribution in [0.2, 0.25) is 5.02 Å². The van der Waals surface area contributed by atoms with Crippen LogP contribution in [0.4, 0.5) is 4.79 Å². The largest absolute Gasteiger partial charge is 0.394 e. The van der Waals surface area contributed by atoms with Gasteiger partial charge in [-0.3, -0.25) is 0 Å².